The van der Waals surface area contributed by atoms with Crippen molar-refractivity contribution in [1.82, 2.24) is 0 Å². The summed E-state index contributed by atoms with van der Waals surface area (Å²) in [6.45, 7) is 4.12. The van der Waals surface area contributed by atoms with Crippen molar-refractivity contribution in [1.29, 1.82) is 0 Å². The van der Waals surface area contributed by atoms with Crippen LogP contribution in [0.2, 0.25) is 0 Å². The second-order valence-corrected chi connectivity index (χ2v) is 5.13. The third kappa shape index (κ3) is 5.06. The molecule has 0 aliphatic carbocycles. The molecule has 1 atom stereocenters. The third-order valence-corrected chi connectivity index (χ3v) is 2.81. The maximum atomic E-state index is 11.6. The van der Waals surface area contributed by atoms with Gasteiger partial charge in [-0.05, 0) is 31.5 Å². The van der Waals surface area contributed by atoms with Crippen LogP contribution in [0.3, 0.4) is 0 Å². The maximum Gasteiger partial charge on any atom is 0.224 e. The molecule has 0 saturated carbocycles. The molecule has 1 aromatic carbocycles. The van der Waals surface area contributed by atoms with Gasteiger partial charge in [0, 0.05) is 17.4 Å². The van der Waals surface area contributed by atoms with E-state index >= 15 is 0 Å². The number of hydrogen-bond acceptors (Lipinski definition) is 3. The van der Waals surface area contributed by atoms with E-state index in [0.717, 1.165) is 22.3 Å². The molecule has 0 aliphatic heterocycles. The number of rotatable bonds is 6. The zero-order valence-corrected chi connectivity index (χ0v) is 12.3. The van der Waals surface area contributed by atoms with Gasteiger partial charge in [0.1, 0.15) is 0 Å². The Morgan fingerprint density at radius 1 is 1.44 bits per heavy atom. The molecule has 1 rings (SSSR count). The standard InChI is InChI=1S/C13H19BrN2O2/c1-3-4-13(18)16-12-7-10(14)5-6-11(12)15-8-9(2)17/h5-7,9,15,17H,3-4,8H2,1-2H3,(H,16,18). The minimum Gasteiger partial charge on any atom is -0.392 e. The molecule has 1 aromatic rings. The van der Waals surface area contributed by atoms with Gasteiger partial charge in [-0.3, -0.25) is 4.79 Å². The highest BCUT2D eigenvalue weighted by Gasteiger charge is 2.07. The Hall–Kier alpha value is -1.07. The van der Waals surface area contributed by atoms with Gasteiger partial charge in [-0.1, -0.05) is 22.9 Å². The molecule has 3 N–H and O–H groups in total. The molecule has 4 nitrogen and oxygen atoms in total. The number of benzene rings is 1. The average molecular weight is 315 g/mol. The Labute approximate surface area is 116 Å². The topological polar surface area (TPSA) is 61.4 Å². The van der Waals surface area contributed by atoms with Crippen LogP contribution >= 0.6 is 15.9 Å². The highest BCUT2D eigenvalue weighted by atomic mass is 79.9. The maximum absolute atomic E-state index is 11.6. The molecule has 0 aliphatic rings. The first-order chi connectivity index (χ1) is 8.52. The van der Waals surface area contributed by atoms with E-state index in [9.17, 15) is 9.90 Å². The molecular formula is C13H19BrN2O2. The normalized spacial score (nSPS) is 12.0. The van der Waals surface area contributed by atoms with Gasteiger partial charge >= 0.3 is 0 Å². The molecule has 1 unspecified atom stereocenters. The van der Waals surface area contributed by atoms with Crippen molar-refractivity contribution in [3.05, 3.63) is 22.7 Å². The third-order valence-electron chi connectivity index (χ3n) is 2.32. The molecule has 18 heavy (non-hydrogen) atoms. The minimum atomic E-state index is -0.437. The van der Waals surface area contributed by atoms with Crippen LogP contribution in [0.4, 0.5) is 11.4 Å². The van der Waals surface area contributed by atoms with E-state index in [4.69, 9.17) is 0 Å². The molecule has 0 aromatic heterocycles. The van der Waals surface area contributed by atoms with Gasteiger partial charge in [0.15, 0.2) is 0 Å². The second kappa shape index (κ2) is 7.38. The fourth-order valence-corrected chi connectivity index (χ4v) is 1.83. The number of anilines is 2. The molecule has 0 radical (unpaired) electrons. The quantitative estimate of drug-likeness (QED) is 0.756. The van der Waals surface area contributed by atoms with Crippen molar-refractivity contribution in [2.75, 3.05) is 17.2 Å². The van der Waals surface area contributed by atoms with E-state index in [1.54, 1.807) is 6.92 Å². The van der Waals surface area contributed by atoms with Crippen LogP contribution < -0.4 is 10.6 Å². The fourth-order valence-electron chi connectivity index (χ4n) is 1.47. The minimum absolute atomic E-state index is 0.00398. The van der Waals surface area contributed by atoms with Crippen molar-refractivity contribution in [3.63, 3.8) is 0 Å². The second-order valence-electron chi connectivity index (χ2n) is 4.22. The molecule has 0 heterocycles. The summed E-state index contributed by atoms with van der Waals surface area (Å²) in [6, 6.07) is 5.60. The largest absolute Gasteiger partial charge is 0.392 e. The van der Waals surface area contributed by atoms with Gasteiger partial charge in [0.2, 0.25) is 5.91 Å². The van der Waals surface area contributed by atoms with E-state index < -0.39 is 6.10 Å². The zero-order valence-electron chi connectivity index (χ0n) is 10.7. The van der Waals surface area contributed by atoms with Gasteiger partial charge in [-0.15, -0.1) is 0 Å². The number of hydrogen-bond donors (Lipinski definition) is 3. The molecular weight excluding hydrogens is 296 g/mol. The Morgan fingerprint density at radius 3 is 2.78 bits per heavy atom. The Bertz CT molecular complexity index is 408. The average Bonchev–Trinajstić information content (AvgIpc) is 2.28. The van der Waals surface area contributed by atoms with Gasteiger partial charge < -0.3 is 15.7 Å². The summed E-state index contributed by atoms with van der Waals surface area (Å²) in [6.07, 6.45) is 0.881. The molecule has 0 fully saturated rings. The predicted octanol–water partition coefficient (Wildman–Crippen LogP) is 2.98. The lowest BCUT2D eigenvalue weighted by Gasteiger charge is -2.14. The smallest absolute Gasteiger partial charge is 0.224 e. The number of halogens is 1. The molecule has 5 heteroatoms. The first kappa shape index (κ1) is 15.0. The van der Waals surface area contributed by atoms with Crippen LogP contribution in [0, 0.1) is 0 Å². The van der Waals surface area contributed by atoms with E-state index in [2.05, 4.69) is 26.6 Å². The highest BCUT2D eigenvalue weighted by molar-refractivity contribution is 9.10. The van der Waals surface area contributed by atoms with Crippen molar-refractivity contribution in [2.45, 2.75) is 32.8 Å². The van der Waals surface area contributed by atoms with Crippen LogP contribution in [0.25, 0.3) is 0 Å². The van der Waals surface area contributed by atoms with Gasteiger partial charge in [-0.2, -0.15) is 0 Å². The Morgan fingerprint density at radius 2 is 2.17 bits per heavy atom. The molecule has 0 bridgehead atoms. The zero-order chi connectivity index (χ0) is 13.5. The van der Waals surface area contributed by atoms with E-state index in [1.807, 2.05) is 25.1 Å². The first-order valence-electron chi connectivity index (χ1n) is 6.04. The van der Waals surface area contributed by atoms with Crippen molar-refractivity contribution in [2.24, 2.45) is 0 Å². The summed E-state index contributed by atoms with van der Waals surface area (Å²) < 4.78 is 0.900. The summed E-state index contributed by atoms with van der Waals surface area (Å²) in [7, 11) is 0. The van der Waals surface area contributed by atoms with Crippen LogP contribution in [0.1, 0.15) is 26.7 Å². The van der Waals surface area contributed by atoms with Crippen molar-refractivity contribution >= 4 is 33.2 Å². The fraction of sp³-hybridized carbons (Fsp3) is 0.462. The van der Waals surface area contributed by atoms with Crippen LogP contribution in [0.15, 0.2) is 22.7 Å². The number of nitrogens with one attached hydrogen (secondary N) is 2. The van der Waals surface area contributed by atoms with Gasteiger partial charge in [0.05, 0.1) is 17.5 Å². The number of aliphatic hydroxyl groups is 1. The SMILES string of the molecule is CCCC(=O)Nc1cc(Br)ccc1NCC(C)O. The molecule has 0 saturated heterocycles. The molecule has 1 amide bonds. The van der Waals surface area contributed by atoms with Crippen LogP contribution in [-0.2, 0) is 4.79 Å². The Balaban J connectivity index is 2.79. The van der Waals surface area contributed by atoms with Crippen molar-refractivity contribution < 1.29 is 9.90 Å². The number of carbonyl (C=O) groups is 1. The lowest BCUT2D eigenvalue weighted by molar-refractivity contribution is -0.116. The number of amides is 1. The van der Waals surface area contributed by atoms with Gasteiger partial charge in [0.25, 0.3) is 0 Å². The highest BCUT2D eigenvalue weighted by Crippen LogP contribution is 2.26. The summed E-state index contributed by atoms with van der Waals surface area (Å²) >= 11 is 3.38. The van der Waals surface area contributed by atoms with E-state index in [0.29, 0.717) is 13.0 Å². The number of carbonyl (C=O) groups excluding carboxylic acids is 1. The van der Waals surface area contributed by atoms with E-state index in [1.165, 1.54) is 0 Å². The summed E-state index contributed by atoms with van der Waals surface area (Å²) in [5.74, 6) is -0.00398. The lowest BCUT2D eigenvalue weighted by atomic mass is 10.2. The molecule has 100 valence electrons. The first-order valence-corrected chi connectivity index (χ1v) is 6.83. The monoisotopic (exact) mass is 314 g/mol. The lowest BCUT2D eigenvalue weighted by Crippen LogP contribution is -2.18. The predicted molar refractivity (Wildman–Crippen MR) is 77.9 cm³/mol. The van der Waals surface area contributed by atoms with Gasteiger partial charge in [-0.25, -0.2) is 0 Å². The van der Waals surface area contributed by atoms with Crippen LogP contribution in [0.5, 0.6) is 0 Å². The molecule has 0 spiro atoms. The summed E-state index contributed by atoms with van der Waals surface area (Å²) in [4.78, 5) is 11.6. The summed E-state index contributed by atoms with van der Waals surface area (Å²) in [5.41, 5.74) is 1.53. The van der Waals surface area contributed by atoms with Crippen molar-refractivity contribution in [3.8, 4) is 0 Å². The van der Waals surface area contributed by atoms with Crippen LogP contribution in [-0.4, -0.2) is 23.7 Å². The number of aliphatic hydroxyl groups excluding tert-OH is 1. The Kier molecular flexibility index (Phi) is 6.15. The van der Waals surface area contributed by atoms with E-state index in [-0.39, 0.29) is 5.91 Å². The summed E-state index contributed by atoms with van der Waals surface area (Å²) in [5, 5.41) is 15.2.